The number of ether oxygens (including phenoxy) is 1. The first-order valence-electron chi connectivity index (χ1n) is 11.9. The largest absolute Gasteiger partial charge is 0.444 e. The molecule has 1 rings (SSSR count). The van der Waals surface area contributed by atoms with E-state index < -0.39 is 35.2 Å². The number of aryl methyl sites for hydroxylation is 1. The van der Waals surface area contributed by atoms with E-state index in [4.69, 9.17) is 4.74 Å². The van der Waals surface area contributed by atoms with Gasteiger partial charge in [-0.2, -0.15) is 0 Å². The van der Waals surface area contributed by atoms with Crippen LogP contribution in [0.4, 0.5) is 4.79 Å². The minimum Gasteiger partial charge on any atom is -0.444 e. The van der Waals surface area contributed by atoms with Crippen LogP contribution < -0.4 is 10.6 Å². The van der Waals surface area contributed by atoms with Gasteiger partial charge in [0.15, 0.2) is 0 Å². The maximum atomic E-state index is 13.9. The van der Waals surface area contributed by atoms with E-state index in [-0.39, 0.29) is 25.0 Å². The van der Waals surface area contributed by atoms with E-state index in [1.54, 1.807) is 32.9 Å². The van der Waals surface area contributed by atoms with Crippen LogP contribution in [0.15, 0.2) is 24.3 Å². The summed E-state index contributed by atoms with van der Waals surface area (Å²) >= 11 is 0. The van der Waals surface area contributed by atoms with Crippen LogP contribution in [0.1, 0.15) is 79.0 Å². The highest BCUT2D eigenvalue weighted by Gasteiger charge is 2.38. The molecule has 1 aromatic rings. The third-order valence-corrected chi connectivity index (χ3v) is 5.23. The smallest absolute Gasteiger partial charge is 0.408 e. The topological polar surface area (TPSA) is 108 Å². The lowest BCUT2D eigenvalue weighted by Crippen LogP contribution is -2.56. The number of carbonyl (C=O) groups excluding carboxylic acids is 3. The lowest BCUT2D eigenvalue weighted by atomic mass is 9.95. The number of hydrogen-bond acceptors (Lipinski definition) is 5. The van der Waals surface area contributed by atoms with Gasteiger partial charge in [0.2, 0.25) is 11.8 Å². The highest BCUT2D eigenvalue weighted by atomic mass is 16.6. The van der Waals surface area contributed by atoms with Gasteiger partial charge >= 0.3 is 6.09 Å². The van der Waals surface area contributed by atoms with E-state index in [1.807, 2.05) is 53.7 Å². The molecule has 0 bridgehead atoms. The molecule has 192 valence electrons. The second-order valence-corrected chi connectivity index (χ2v) is 10.8. The van der Waals surface area contributed by atoms with E-state index in [2.05, 4.69) is 10.6 Å². The van der Waals surface area contributed by atoms with Gasteiger partial charge in [-0.25, -0.2) is 4.79 Å². The number of rotatable bonds is 9. The van der Waals surface area contributed by atoms with E-state index in [0.717, 1.165) is 5.56 Å². The fourth-order valence-corrected chi connectivity index (χ4v) is 3.43. The zero-order valence-corrected chi connectivity index (χ0v) is 22.2. The second kappa shape index (κ2) is 12.2. The maximum Gasteiger partial charge on any atom is 0.408 e. The third-order valence-electron chi connectivity index (χ3n) is 5.23. The molecular formula is C26H43N3O5. The molecule has 0 saturated carbocycles. The van der Waals surface area contributed by atoms with Crippen LogP contribution in [0.25, 0.3) is 0 Å². The monoisotopic (exact) mass is 477 g/mol. The van der Waals surface area contributed by atoms with Crippen molar-refractivity contribution < 1.29 is 24.2 Å². The number of nitrogens with zero attached hydrogens (tertiary/aromatic N) is 1. The molecule has 3 amide bonds. The van der Waals surface area contributed by atoms with Gasteiger partial charge in [-0.3, -0.25) is 9.59 Å². The van der Waals surface area contributed by atoms with E-state index in [0.29, 0.717) is 12.0 Å². The Labute approximate surface area is 204 Å². The molecule has 3 N–H and O–H groups in total. The summed E-state index contributed by atoms with van der Waals surface area (Å²) in [4.78, 5) is 41.2. The number of aliphatic hydroxyl groups excluding tert-OH is 1. The van der Waals surface area contributed by atoms with Gasteiger partial charge in [-0.05, 0) is 59.9 Å². The molecule has 1 aromatic carbocycles. The molecule has 8 nitrogen and oxygen atoms in total. The highest BCUT2D eigenvalue weighted by Crippen LogP contribution is 2.25. The van der Waals surface area contributed by atoms with Crippen molar-refractivity contribution in [3.63, 3.8) is 0 Å². The van der Waals surface area contributed by atoms with Crippen molar-refractivity contribution >= 4 is 17.9 Å². The predicted octanol–water partition coefficient (Wildman–Crippen LogP) is 3.71. The second-order valence-electron chi connectivity index (χ2n) is 10.8. The predicted molar refractivity (Wildman–Crippen MR) is 133 cm³/mol. The van der Waals surface area contributed by atoms with Gasteiger partial charge in [0.05, 0.1) is 6.61 Å². The van der Waals surface area contributed by atoms with Crippen molar-refractivity contribution in [2.24, 2.45) is 5.92 Å². The molecule has 0 saturated heterocycles. The first-order valence-corrected chi connectivity index (χ1v) is 11.9. The van der Waals surface area contributed by atoms with E-state index in [1.165, 1.54) is 4.90 Å². The molecule has 0 heterocycles. The van der Waals surface area contributed by atoms with Crippen LogP contribution in [0.5, 0.6) is 0 Å². The van der Waals surface area contributed by atoms with Crippen LogP contribution in [0, 0.1) is 12.8 Å². The molecule has 0 fully saturated rings. The average Bonchev–Trinajstić information content (AvgIpc) is 2.69. The number of amides is 3. The normalized spacial score (nSPS) is 14.5. The molecule has 3 atom stereocenters. The van der Waals surface area contributed by atoms with Crippen molar-refractivity contribution in [3.05, 3.63) is 35.4 Å². The molecular weight excluding hydrogens is 434 g/mol. The van der Waals surface area contributed by atoms with E-state index in [9.17, 15) is 19.5 Å². The summed E-state index contributed by atoms with van der Waals surface area (Å²) in [5.41, 5.74) is 0.380. The highest BCUT2D eigenvalue weighted by molar-refractivity contribution is 5.92. The Morgan fingerprint density at radius 1 is 1.06 bits per heavy atom. The Morgan fingerprint density at radius 2 is 1.62 bits per heavy atom. The minimum atomic E-state index is -0.980. The summed E-state index contributed by atoms with van der Waals surface area (Å²) < 4.78 is 5.37. The Balaban J connectivity index is 3.46. The zero-order valence-electron chi connectivity index (χ0n) is 22.2. The fourth-order valence-electron chi connectivity index (χ4n) is 3.43. The lowest BCUT2D eigenvalue weighted by molar-refractivity contribution is -0.144. The molecule has 8 heteroatoms. The van der Waals surface area contributed by atoms with Crippen molar-refractivity contribution in [3.8, 4) is 0 Å². The molecule has 0 aromatic heterocycles. The summed E-state index contributed by atoms with van der Waals surface area (Å²) in [6, 6.07) is 5.45. The number of carbonyl (C=O) groups is 3. The van der Waals surface area contributed by atoms with Crippen LogP contribution in [-0.2, 0) is 14.3 Å². The summed E-state index contributed by atoms with van der Waals surface area (Å²) in [7, 11) is 0. The van der Waals surface area contributed by atoms with Crippen LogP contribution in [-0.4, -0.2) is 58.2 Å². The first-order chi connectivity index (χ1) is 15.6. The third kappa shape index (κ3) is 9.33. The van der Waals surface area contributed by atoms with E-state index >= 15 is 0 Å². The Bertz CT molecular complexity index is 824. The van der Waals surface area contributed by atoms with Crippen molar-refractivity contribution in [1.29, 1.82) is 0 Å². The van der Waals surface area contributed by atoms with Gasteiger partial charge in [-0.1, -0.05) is 50.1 Å². The Hall–Kier alpha value is -2.61. The lowest BCUT2D eigenvalue weighted by Gasteiger charge is -2.37. The summed E-state index contributed by atoms with van der Waals surface area (Å²) in [6.07, 6.45) is -0.0936. The van der Waals surface area contributed by atoms with Gasteiger partial charge in [0, 0.05) is 12.1 Å². The molecule has 0 radical (unpaired) electrons. The average molecular weight is 478 g/mol. The molecule has 0 aliphatic rings. The molecule has 0 aliphatic carbocycles. The van der Waals surface area contributed by atoms with Crippen LogP contribution >= 0.6 is 0 Å². The SMILES string of the molecule is CCC(C)C(NC(=O)OC(C)(C)C)C(=O)N(CCO)C(C(=O)NC(C)(C)C)c1ccc(C)cc1. The number of nitrogens with one attached hydrogen (secondary N) is 2. The quantitative estimate of drug-likeness (QED) is 0.502. The van der Waals surface area contributed by atoms with Crippen molar-refractivity contribution in [2.75, 3.05) is 13.2 Å². The Kier molecular flexibility index (Phi) is 10.6. The molecule has 34 heavy (non-hydrogen) atoms. The molecule has 3 unspecified atom stereocenters. The first kappa shape index (κ1) is 29.4. The van der Waals surface area contributed by atoms with Gasteiger partial charge < -0.3 is 25.4 Å². The van der Waals surface area contributed by atoms with Gasteiger partial charge in [0.25, 0.3) is 0 Å². The molecule has 0 aliphatic heterocycles. The number of alkyl carbamates (subject to hydrolysis) is 1. The summed E-state index contributed by atoms with van der Waals surface area (Å²) in [5.74, 6) is -1.05. The summed E-state index contributed by atoms with van der Waals surface area (Å²) in [6.45, 7) is 16.1. The number of benzene rings is 1. The fraction of sp³-hybridized carbons (Fsp3) is 0.654. The molecule has 0 spiro atoms. The minimum absolute atomic E-state index is 0.0716. The van der Waals surface area contributed by atoms with Crippen molar-refractivity contribution in [1.82, 2.24) is 15.5 Å². The van der Waals surface area contributed by atoms with Gasteiger partial charge in [-0.15, -0.1) is 0 Å². The zero-order chi connectivity index (χ0) is 26.3. The Morgan fingerprint density at radius 3 is 2.06 bits per heavy atom. The van der Waals surface area contributed by atoms with Crippen LogP contribution in [0.2, 0.25) is 0 Å². The van der Waals surface area contributed by atoms with Gasteiger partial charge in [0.1, 0.15) is 17.7 Å². The number of hydrogen-bond donors (Lipinski definition) is 3. The maximum absolute atomic E-state index is 13.9. The standard InChI is InChI=1S/C26H43N3O5/c1-10-18(3)20(27-24(33)34-26(7,8)9)23(32)29(15-16-30)21(22(31)28-25(4,5)6)19-13-11-17(2)12-14-19/h11-14,18,20-21,30H,10,15-16H2,1-9H3,(H,27,33)(H,28,31). The number of aliphatic hydroxyl groups is 1. The van der Waals surface area contributed by atoms with Crippen LogP contribution in [0.3, 0.4) is 0 Å². The summed E-state index contributed by atoms with van der Waals surface area (Å²) in [5, 5.41) is 15.5. The van der Waals surface area contributed by atoms with Crippen molar-refractivity contribution in [2.45, 2.75) is 92.0 Å².